The van der Waals surface area contributed by atoms with E-state index in [0.717, 1.165) is 5.75 Å². The Bertz CT molecular complexity index is 536. The molecule has 2 aromatic rings. The number of hydrogen-bond donors (Lipinski definition) is 1. The summed E-state index contributed by atoms with van der Waals surface area (Å²) in [7, 11) is 0. The van der Waals surface area contributed by atoms with Gasteiger partial charge in [-0.2, -0.15) is 0 Å². The summed E-state index contributed by atoms with van der Waals surface area (Å²) >= 11 is 4.92. The van der Waals surface area contributed by atoms with Crippen molar-refractivity contribution in [2.75, 3.05) is 6.61 Å². The van der Waals surface area contributed by atoms with E-state index >= 15 is 0 Å². The van der Waals surface area contributed by atoms with Crippen LogP contribution in [0, 0.1) is 5.92 Å². The third kappa shape index (κ3) is 3.80. The summed E-state index contributed by atoms with van der Waals surface area (Å²) < 4.78 is 5.65. The first-order valence-corrected chi connectivity index (χ1v) is 6.65. The largest absolute Gasteiger partial charge is 0.493 e. The Morgan fingerprint density at radius 3 is 2.21 bits per heavy atom. The van der Waals surface area contributed by atoms with Gasteiger partial charge in [-0.15, -0.1) is 0 Å². The fraction of sp³-hybridized carbons (Fsp3) is 0.188. The Morgan fingerprint density at radius 2 is 1.63 bits per heavy atom. The smallest absolute Gasteiger partial charge is 0.119 e. The molecule has 19 heavy (non-hydrogen) atoms. The van der Waals surface area contributed by atoms with E-state index in [1.807, 2.05) is 37.3 Å². The Kier molecular flexibility index (Phi) is 4.53. The van der Waals surface area contributed by atoms with Crippen LogP contribution in [0.5, 0.6) is 5.75 Å². The normalized spacial score (nSPS) is 11.8. The third-order valence-electron chi connectivity index (χ3n) is 2.95. The first kappa shape index (κ1) is 13.6. The van der Waals surface area contributed by atoms with E-state index in [1.54, 1.807) is 0 Å². The Labute approximate surface area is 119 Å². The molecule has 0 fully saturated rings. The van der Waals surface area contributed by atoms with Gasteiger partial charge in [-0.25, -0.2) is 0 Å². The molecule has 1 atom stereocenters. The standard InChI is InChI=1S/C16H17NOS/c1-12(16(17)19)11-18-15-9-7-14(8-10-15)13-5-3-2-4-6-13/h2-10,12H,11H2,1H3,(H2,17,19). The van der Waals surface area contributed by atoms with E-state index in [-0.39, 0.29) is 5.92 Å². The van der Waals surface area contributed by atoms with E-state index in [1.165, 1.54) is 11.1 Å². The molecule has 2 nitrogen and oxygen atoms in total. The zero-order valence-corrected chi connectivity index (χ0v) is 11.7. The summed E-state index contributed by atoms with van der Waals surface area (Å²) in [4.78, 5) is 0.487. The van der Waals surface area contributed by atoms with Gasteiger partial charge >= 0.3 is 0 Å². The number of benzene rings is 2. The van der Waals surface area contributed by atoms with Crippen LogP contribution in [0.4, 0.5) is 0 Å². The minimum absolute atomic E-state index is 0.0869. The van der Waals surface area contributed by atoms with Gasteiger partial charge in [-0.05, 0) is 23.3 Å². The summed E-state index contributed by atoms with van der Waals surface area (Å²) in [5.74, 6) is 0.923. The van der Waals surface area contributed by atoms with Crippen LogP contribution in [0.25, 0.3) is 11.1 Å². The van der Waals surface area contributed by atoms with Crippen LogP contribution in [-0.2, 0) is 0 Å². The second-order valence-corrected chi connectivity index (χ2v) is 4.98. The molecule has 0 aromatic heterocycles. The third-order valence-corrected chi connectivity index (χ3v) is 3.35. The molecule has 0 saturated carbocycles. The molecule has 0 heterocycles. The van der Waals surface area contributed by atoms with Gasteiger partial charge in [0.05, 0.1) is 11.6 Å². The highest BCUT2D eigenvalue weighted by Gasteiger charge is 2.06. The van der Waals surface area contributed by atoms with Crippen molar-refractivity contribution in [2.24, 2.45) is 11.7 Å². The summed E-state index contributed by atoms with van der Waals surface area (Å²) in [6, 6.07) is 18.3. The van der Waals surface area contributed by atoms with Gasteiger partial charge in [0, 0.05) is 5.92 Å². The zero-order valence-electron chi connectivity index (χ0n) is 10.9. The number of ether oxygens (including phenoxy) is 1. The van der Waals surface area contributed by atoms with Crippen molar-refractivity contribution >= 4 is 17.2 Å². The highest BCUT2D eigenvalue weighted by molar-refractivity contribution is 7.80. The summed E-state index contributed by atoms with van der Waals surface area (Å²) in [6.45, 7) is 2.47. The molecule has 0 aliphatic rings. The Balaban J connectivity index is 2.01. The lowest BCUT2D eigenvalue weighted by Gasteiger charge is -2.12. The van der Waals surface area contributed by atoms with Crippen molar-refractivity contribution in [3.05, 3.63) is 54.6 Å². The van der Waals surface area contributed by atoms with Gasteiger partial charge in [-0.3, -0.25) is 0 Å². The predicted molar refractivity (Wildman–Crippen MR) is 83.3 cm³/mol. The van der Waals surface area contributed by atoms with E-state index in [9.17, 15) is 0 Å². The van der Waals surface area contributed by atoms with E-state index < -0.39 is 0 Å². The molecule has 0 aliphatic heterocycles. The molecule has 2 aromatic carbocycles. The van der Waals surface area contributed by atoms with Crippen molar-refractivity contribution < 1.29 is 4.74 Å². The number of nitrogens with two attached hydrogens (primary N) is 1. The van der Waals surface area contributed by atoms with Crippen LogP contribution in [0.1, 0.15) is 6.92 Å². The fourth-order valence-electron chi connectivity index (χ4n) is 1.68. The van der Waals surface area contributed by atoms with Crippen LogP contribution < -0.4 is 10.5 Å². The first-order valence-electron chi connectivity index (χ1n) is 6.24. The van der Waals surface area contributed by atoms with Gasteiger partial charge in [0.15, 0.2) is 0 Å². The van der Waals surface area contributed by atoms with Gasteiger partial charge in [0.1, 0.15) is 5.75 Å². The SMILES string of the molecule is CC(COc1ccc(-c2ccccc2)cc1)C(N)=S. The Hall–Kier alpha value is -1.87. The zero-order chi connectivity index (χ0) is 13.7. The van der Waals surface area contributed by atoms with Crippen molar-refractivity contribution in [2.45, 2.75) is 6.92 Å². The van der Waals surface area contributed by atoms with Gasteiger partial charge in [0.2, 0.25) is 0 Å². The van der Waals surface area contributed by atoms with Crippen molar-refractivity contribution in [1.82, 2.24) is 0 Å². The number of rotatable bonds is 5. The van der Waals surface area contributed by atoms with E-state index in [0.29, 0.717) is 11.6 Å². The summed E-state index contributed by atoms with van der Waals surface area (Å²) in [6.07, 6.45) is 0. The molecule has 2 rings (SSSR count). The average molecular weight is 271 g/mol. The maximum atomic E-state index is 5.65. The topological polar surface area (TPSA) is 35.2 Å². The highest BCUT2D eigenvalue weighted by Crippen LogP contribution is 2.22. The minimum atomic E-state index is 0.0869. The van der Waals surface area contributed by atoms with Crippen LogP contribution >= 0.6 is 12.2 Å². The monoisotopic (exact) mass is 271 g/mol. The molecule has 3 heteroatoms. The van der Waals surface area contributed by atoms with Gasteiger partial charge < -0.3 is 10.5 Å². The van der Waals surface area contributed by atoms with Crippen LogP contribution in [0.2, 0.25) is 0 Å². The minimum Gasteiger partial charge on any atom is -0.493 e. The quantitative estimate of drug-likeness (QED) is 0.843. The molecule has 0 spiro atoms. The molecule has 0 aliphatic carbocycles. The molecule has 0 amide bonds. The Morgan fingerprint density at radius 1 is 1.05 bits per heavy atom. The maximum absolute atomic E-state index is 5.65. The van der Waals surface area contributed by atoms with Crippen molar-refractivity contribution in [1.29, 1.82) is 0 Å². The van der Waals surface area contributed by atoms with Gasteiger partial charge in [0.25, 0.3) is 0 Å². The van der Waals surface area contributed by atoms with E-state index in [4.69, 9.17) is 22.7 Å². The molecule has 1 unspecified atom stereocenters. The van der Waals surface area contributed by atoms with Crippen molar-refractivity contribution in [3.63, 3.8) is 0 Å². The second-order valence-electron chi connectivity index (χ2n) is 4.50. The molecule has 98 valence electrons. The highest BCUT2D eigenvalue weighted by atomic mass is 32.1. The van der Waals surface area contributed by atoms with E-state index in [2.05, 4.69) is 24.3 Å². The molecular weight excluding hydrogens is 254 g/mol. The first-order chi connectivity index (χ1) is 9.16. The lowest BCUT2D eigenvalue weighted by atomic mass is 10.1. The molecule has 0 saturated heterocycles. The van der Waals surface area contributed by atoms with Crippen molar-refractivity contribution in [3.8, 4) is 16.9 Å². The maximum Gasteiger partial charge on any atom is 0.119 e. The van der Waals surface area contributed by atoms with Gasteiger partial charge in [-0.1, -0.05) is 61.6 Å². The van der Waals surface area contributed by atoms with Crippen LogP contribution in [-0.4, -0.2) is 11.6 Å². The fourth-order valence-corrected chi connectivity index (χ4v) is 1.75. The lowest BCUT2D eigenvalue weighted by Crippen LogP contribution is -2.23. The number of thiocarbonyl (C=S) groups is 1. The summed E-state index contributed by atoms with van der Waals surface area (Å²) in [5.41, 5.74) is 7.93. The average Bonchev–Trinajstić information content (AvgIpc) is 2.46. The summed E-state index contributed by atoms with van der Waals surface area (Å²) in [5, 5.41) is 0. The van der Waals surface area contributed by atoms with Crippen LogP contribution in [0.15, 0.2) is 54.6 Å². The molecule has 0 bridgehead atoms. The lowest BCUT2D eigenvalue weighted by molar-refractivity contribution is 0.293. The van der Waals surface area contributed by atoms with Crippen LogP contribution in [0.3, 0.4) is 0 Å². The second kappa shape index (κ2) is 6.34. The number of hydrogen-bond acceptors (Lipinski definition) is 2. The molecule has 2 N–H and O–H groups in total. The molecule has 0 radical (unpaired) electrons. The molecular formula is C16H17NOS. The predicted octanol–water partition coefficient (Wildman–Crippen LogP) is 3.65.